The van der Waals surface area contributed by atoms with E-state index in [1.807, 2.05) is 13.8 Å². The standard InChI is InChI=1S/C26H26N2O8/c1-25-6-4-16-24(32)36-19(14-5-7-34-12-14)9-26(16,2)21(25)20(29)18(8-17(25)23(31)33-3)35-22(30)15-10-27-13-28-11-15/h5,7-8,10-13,16-17,19,21H,4,6,9H2,1-3H3. The van der Waals surface area contributed by atoms with E-state index in [4.69, 9.17) is 18.6 Å². The van der Waals surface area contributed by atoms with E-state index < -0.39 is 58.4 Å². The molecule has 188 valence electrons. The third-order valence-corrected chi connectivity index (χ3v) is 8.16. The zero-order chi connectivity index (χ0) is 25.7. The molecule has 5 rings (SSSR count). The van der Waals surface area contributed by atoms with E-state index in [9.17, 15) is 19.2 Å². The van der Waals surface area contributed by atoms with E-state index in [1.54, 1.807) is 6.07 Å². The smallest absolute Gasteiger partial charge is 0.346 e. The number of hydrogen-bond acceptors (Lipinski definition) is 10. The molecule has 2 fully saturated rings. The molecule has 2 aromatic heterocycles. The van der Waals surface area contributed by atoms with Crippen molar-refractivity contribution in [3.63, 3.8) is 0 Å². The van der Waals surface area contributed by atoms with Crippen LogP contribution in [0.15, 0.2) is 53.6 Å². The third kappa shape index (κ3) is 3.63. The molecule has 6 unspecified atom stereocenters. The lowest BCUT2D eigenvalue weighted by atomic mass is 9.44. The Balaban J connectivity index is 1.57. The van der Waals surface area contributed by atoms with Crippen LogP contribution in [0, 0.1) is 28.6 Å². The number of ketones is 1. The summed E-state index contributed by atoms with van der Waals surface area (Å²) in [6, 6.07) is 1.72. The van der Waals surface area contributed by atoms with Gasteiger partial charge in [-0.3, -0.25) is 14.4 Å². The number of methoxy groups -OCH3 is 1. The predicted octanol–water partition coefficient (Wildman–Crippen LogP) is 3.21. The molecule has 0 radical (unpaired) electrons. The Morgan fingerprint density at radius 1 is 1.14 bits per heavy atom. The first-order chi connectivity index (χ1) is 17.2. The van der Waals surface area contributed by atoms with E-state index in [0.29, 0.717) is 24.8 Å². The Hall–Kier alpha value is -3.82. The fraction of sp³-hybridized carbons (Fsp3) is 0.462. The second kappa shape index (κ2) is 8.69. The van der Waals surface area contributed by atoms with Gasteiger partial charge in [-0.1, -0.05) is 13.8 Å². The molecule has 10 heteroatoms. The van der Waals surface area contributed by atoms with Crippen molar-refractivity contribution < 1.29 is 37.8 Å². The summed E-state index contributed by atoms with van der Waals surface area (Å²) in [4.78, 5) is 60.6. The number of furan rings is 1. The quantitative estimate of drug-likeness (QED) is 0.460. The van der Waals surface area contributed by atoms with Gasteiger partial charge in [0.2, 0.25) is 5.78 Å². The lowest BCUT2D eigenvalue weighted by Gasteiger charge is -2.59. The molecule has 6 atom stereocenters. The molecule has 1 saturated carbocycles. The highest BCUT2D eigenvalue weighted by Crippen LogP contribution is 2.64. The van der Waals surface area contributed by atoms with Gasteiger partial charge in [0.1, 0.15) is 12.4 Å². The minimum atomic E-state index is -0.880. The van der Waals surface area contributed by atoms with E-state index in [1.165, 1.54) is 44.4 Å². The fourth-order valence-electron chi connectivity index (χ4n) is 6.45. The van der Waals surface area contributed by atoms with Gasteiger partial charge in [-0.15, -0.1) is 0 Å². The lowest BCUT2D eigenvalue weighted by molar-refractivity contribution is -0.197. The zero-order valence-electron chi connectivity index (χ0n) is 20.1. The molecule has 3 heterocycles. The number of rotatable bonds is 4. The summed E-state index contributed by atoms with van der Waals surface area (Å²) in [6.07, 6.45) is 8.80. The molecule has 0 N–H and O–H groups in total. The predicted molar refractivity (Wildman–Crippen MR) is 121 cm³/mol. The highest BCUT2D eigenvalue weighted by molar-refractivity contribution is 6.03. The number of hydrogen-bond donors (Lipinski definition) is 0. The molecule has 1 aliphatic heterocycles. The second-order valence-electron chi connectivity index (χ2n) is 10.1. The molecule has 2 aliphatic carbocycles. The second-order valence-corrected chi connectivity index (χ2v) is 10.1. The minimum Gasteiger partial charge on any atom is -0.472 e. The molecule has 0 aromatic carbocycles. The van der Waals surface area contributed by atoms with Crippen molar-refractivity contribution in [2.75, 3.05) is 7.11 Å². The lowest BCUT2D eigenvalue weighted by Crippen LogP contribution is -2.61. The number of fused-ring (bicyclic) bond motifs is 3. The maximum Gasteiger partial charge on any atom is 0.346 e. The van der Waals surface area contributed by atoms with Crippen LogP contribution < -0.4 is 0 Å². The van der Waals surface area contributed by atoms with Crippen LogP contribution in [0.4, 0.5) is 0 Å². The summed E-state index contributed by atoms with van der Waals surface area (Å²) >= 11 is 0. The van der Waals surface area contributed by atoms with Crippen molar-refractivity contribution in [2.45, 2.75) is 39.2 Å². The Morgan fingerprint density at radius 2 is 1.89 bits per heavy atom. The topological polar surface area (TPSA) is 135 Å². The summed E-state index contributed by atoms with van der Waals surface area (Å²) in [5, 5.41) is 0. The summed E-state index contributed by atoms with van der Waals surface area (Å²) in [6.45, 7) is 3.75. The van der Waals surface area contributed by atoms with Gasteiger partial charge in [-0.2, -0.15) is 0 Å². The first kappa shape index (κ1) is 23.9. The first-order valence-electron chi connectivity index (χ1n) is 11.7. The Morgan fingerprint density at radius 3 is 2.56 bits per heavy atom. The van der Waals surface area contributed by atoms with Gasteiger partial charge in [0, 0.05) is 23.9 Å². The normalized spacial score (nSPS) is 33.5. The summed E-state index contributed by atoms with van der Waals surface area (Å²) in [7, 11) is 1.28. The SMILES string of the molecule is COC(=O)C1C=C(OC(=O)c2cncnc2)C(=O)C2C1(C)CCC1C(=O)OC(c3ccoc3)CC12C. The van der Waals surface area contributed by atoms with Crippen LogP contribution in [0.1, 0.15) is 55.1 Å². The minimum absolute atomic E-state index is 0.0585. The number of carbonyl (C=O) groups excluding carboxylic acids is 4. The average Bonchev–Trinajstić information content (AvgIpc) is 3.40. The molecule has 0 amide bonds. The average molecular weight is 495 g/mol. The molecule has 36 heavy (non-hydrogen) atoms. The number of esters is 3. The molecule has 1 saturated heterocycles. The highest BCUT2D eigenvalue weighted by Gasteiger charge is 2.66. The summed E-state index contributed by atoms with van der Waals surface area (Å²) < 4.78 is 21.5. The Labute approximate surface area is 207 Å². The molecule has 2 aromatic rings. The molecular weight excluding hydrogens is 468 g/mol. The van der Waals surface area contributed by atoms with Gasteiger partial charge in [0.05, 0.1) is 37.0 Å². The fourth-order valence-corrected chi connectivity index (χ4v) is 6.45. The summed E-state index contributed by atoms with van der Waals surface area (Å²) in [5.41, 5.74) is -0.993. The largest absolute Gasteiger partial charge is 0.472 e. The maximum atomic E-state index is 14.0. The van der Waals surface area contributed by atoms with Crippen LogP contribution >= 0.6 is 0 Å². The van der Waals surface area contributed by atoms with Gasteiger partial charge >= 0.3 is 17.9 Å². The van der Waals surface area contributed by atoms with Crippen LogP contribution in [0.5, 0.6) is 0 Å². The number of Topliss-reactive ketones (excluding diaryl/α,β-unsaturated/α-hetero) is 1. The van der Waals surface area contributed by atoms with Crippen LogP contribution in [0.3, 0.4) is 0 Å². The van der Waals surface area contributed by atoms with Gasteiger partial charge in [0.15, 0.2) is 5.76 Å². The molecular formula is C26H26N2O8. The van der Waals surface area contributed by atoms with E-state index in [-0.39, 0.29) is 11.3 Å². The van der Waals surface area contributed by atoms with Crippen LogP contribution in [-0.2, 0) is 28.6 Å². The molecule has 0 bridgehead atoms. The van der Waals surface area contributed by atoms with Crippen molar-refractivity contribution in [1.82, 2.24) is 9.97 Å². The van der Waals surface area contributed by atoms with Crippen LogP contribution in [0.25, 0.3) is 0 Å². The van der Waals surface area contributed by atoms with Gasteiger partial charge in [-0.25, -0.2) is 14.8 Å². The summed E-state index contributed by atoms with van der Waals surface area (Å²) in [5.74, 6) is -4.67. The van der Waals surface area contributed by atoms with Gasteiger partial charge in [0.25, 0.3) is 0 Å². The van der Waals surface area contributed by atoms with Crippen molar-refractivity contribution in [3.8, 4) is 0 Å². The van der Waals surface area contributed by atoms with Crippen molar-refractivity contribution in [3.05, 3.63) is 60.3 Å². The van der Waals surface area contributed by atoms with Crippen LogP contribution in [0.2, 0.25) is 0 Å². The van der Waals surface area contributed by atoms with E-state index in [2.05, 4.69) is 9.97 Å². The number of carbonyl (C=O) groups is 4. The van der Waals surface area contributed by atoms with Gasteiger partial charge in [-0.05, 0) is 42.2 Å². The Bertz CT molecular complexity index is 1240. The molecule has 3 aliphatic rings. The van der Waals surface area contributed by atoms with Crippen molar-refractivity contribution in [1.29, 1.82) is 0 Å². The monoisotopic (exact) mass is 494 g/mol. The molecule has 0 spiro atoms. The third-order valence-electron chi connectivity index (χ3n) is 8.16. The van der Waals surface area contributed by atoms with Gasteiger partial charge < -0.3 is 18.6 Å². The maximum absolute atomic E-state index is 14.0. The number of cyclic esters (lactones) is 1. The van der Waals surface area contributed by atoms with Crippen molar-refractivity contribution >= 4 is 23.7 Å². The highest BCUT2D eigenvalue weighted by atomic mass is 16.6. The molecule has 10 nitrogen and oxygen atoms in total. The Kier molecular flexibility index (Phi) is 5.77. The number of allylic oxidation sites excluding steroid dienone is 1. The van der Waals surface area contributed by atoms with Crippen molar-refractivity contribution in [2.24, 2.45) is 28.6 Å². The number of aromatic nitrogens is 2. The number of ether oxygens (including phenoxy) is 3. The van der Waals surface area contributed by atoms with E-state index >= 15 is 0 Å². The first-order valence-corrected chi connectivity index (χ1v) is 11.7. The van der Waals surface area contributed by atoms with Crippen LogP contribution in [-0.4, -0.2) is 40.8 Å². The van der Waals surface area contributed by atoms with E-state index in [0.717, 1.165) is 0 Å². The number of nitrogens with zero attached hydrogens (tertiary/aromatic N) is 2. The zero-order valence-corrected chi connectivity index (χ0v) is 20.1.